The first-order chi connectivity index (χ1) is 15.9. The molecule has 0 fully saturated rings. The Hall–Kier alpha value is -3.29. The standard InChI is InChI=1S/C26H25N3O2S2/c1-4-17(3)31-20-13-11-18(12-14-20)24(30)29-26(32)28-22-15-19(10-9-16(22)2)25-27-21-7-5-6-8-23(21)33-25/h5-15,17H,4H2,1-3H3,(H2,28,29,30,32)/t17-/m1/s1. The third-order valence-corrected chi connectivity index (χ3v) is 6.57. The van der Waals surface area contributed by atoms with Crippen molar-refractivity contribution in [2.45, 2.75) is 33.3 Å². The maximum absolute atomic E-state index is 12.6. The Morgan fingerprint density at radius 3 is 2.61 bits per heavy atom. The number of anilines is 1. The molecular weight excluding hydrogens is 450 g/mol. The van der Waals surface area contributed by atoms with Crippen molar-refractivity contribution in [1.82, 2.24) is 10.3 Å². The lowest BCUT2D eigenvalue weighted by molar-refractivity contribution is 0.0977. The van der Waals surface area contributed by atoms with Gasteiger partial charge in [0.15, 0.2) is 5.11 Å². The molecule has 168 valence electrons. The van der Waals surface area contributed by atoms with Gasteiger partial charge in [-0.1, -0.05) is 31.2 Å². The number of carbonyl (C=O) groups excluding carboxylic acids is 1. The van der Waals surface area contributed by atoms with Crippen LogP contribution < -0.4 is 15.4 Å². The lowest BCUT2D eigenvalue weighted by Gasteiger charge is -2.14. The predicted octanol–water partition coefficient (Wildman–Crippen LogP) is 6.58. The molecule has 4 aromatic rings. The number of thiazole rings is 1. The highest BCUT2D eigenvalue weighted by Crippen LogP contribution is 2.32. The van der Waals surface area contributed by atoms with E-state index < -0.39 is 0 Å². The van der Waals surface area contributed by atoms with Crippen molar-refractivity contribution in [2.24, 2.45) is 0 Å². The molecule has 1 heterocycles. The zero-order valence-electron chi connectivity index (χ0n) is 18.7. The summed E-state index contributed by atoms with van der Waals surface area (Å²) in [5.41, 5.74) is 4.33. The van der Waals surface area contributed by atoms with E-state index in [1.807, 2.05) is 50.2 Å². The molecule has 0 saturated heterocycles. The number of aryl methyl sites for hydroxylation is 1. The van der Waals surface area contributed by atoms with Crippen molar-refractivity contribution in [3.05, 3.63) is 77.9 Å². The van der Waals surface area contributed by atoms with Crippen LogP contribution in [-0.4, -0.2) is 22.1 Å². The first-order valence-electron chi connectivity index (χ1n) is 10.8. The van der Waals surface area contributed by atoms with Gasteiger partial charge < -0.3 is 10.1 Å². The summed E-state index contributed by atoms with van der Waals surface area (Å²) < 4.78 is 6.91. The fourth-order valence-corrected chi connectivity index (χ4v) is 4.38. The molecule has 0 aliphatic carbocycles. The number of ether oxygens (including phenoxy) is 1. The smallest absolute Gasteiger partial charge is 0.257 e. The highest BCUT2D eigenvalue weighted by molar-refractivity contribution is 7.80. The van der Waals surface area contributed by atoms with Crippen LogP contribution in [0.1, 0.15) is 36.2 Å². The van der Waals surface area contributed by atoms with Crippen LogP contribution in [-0.2, 0) is 0 Å². The van der Waals surface area contributed by atoms with E-state index in [1.54, 1.807) is 35.6 Å². The number of aromatic nitrogens is 1. The number of hydrogen-bond donors (Lipinski definition) is 2. The molecule has 0 bridgehead atoms. The molecule has 3 aromatic carbocycles. The van der Waals surface area contributed by atoms with Crippen LogP contribution in [0.25, 0.3) is 20.8 Å². The van der Waals surface area contributed by atoms with Crippen LogP contribution in [0.2, 0.25) is 0 Å². The zero-order chi connectivity index (χ0) is 23.4. The van der Waals surface area contributed by atoms with E-state index in [2.05, 4.69) is 23.6 Å². The number of nitrogens with zero attached hydrogens (tertiary/aromatic N) is 1. The van der Waals surface area contributed by atoms with Crippen molar-refractivity contribution < 1.29 is 9.53 Å². The van der Waals surface area contributed by atoms with E-state index in [1.165, 1.54) is 0 Å². The van der Waals surface area contributed by atoms with Gasteiger partial charge in [-0.15, -0.1) is 11.3 Å². The zero-order valence-corrected chi connectivity index (χ0v) is 20.3. The monoisotopic (exact) mass is 475 g/mol. The molecule has 0 saturated carbocycles. The Balaban J connectivity index is 1.43. The van der Waals surface area contributed by atoms with E-state index in [4.69, 9.17) is 21.9 Å². The summed E-state index contributed by atoms with van der Waals surface area (Å²) in [5.74, 6) is 0.464. The van der Waals surface area contributed by atoms with E-state index >= 15 is 0 Å². The molecular formula is C26H25N3O2S2. The highest BCUT2D eigenvalue weighted by Gasteiger charge is 2.12. The van der Waals surface area contributed by atoms with Crippen molar-refractivity contribution in [3.63, 3.8) is 0 Å². The fourth-order valence-electron chi connectivity index (χ4n) is 3.21. The van der Waals surface area contributed by atoms with Crippen LogP contribution in [0.3, 0.4) is 0 Å². The third kappa shape index (κ3) is 5.56. The summed E-state index contributed by atoms with van der Waals surface area (Å²) in [6.45, 7) is 6.07. The van der Waals surface area contributed by atoms with Gasteiger partial charge in [0.2, 0.25) is 0 Å². The van der Waals surface area contributed by atoms with Crippen LogP contribution in [0.4, 0.5) is 5.69 Å². The first kappa shape index (κ1) is 22.9. The lowest BCUT2D eigenvalue weighted by Crippen LogP contribution is -2.34. The van der Waals surface area contributed by atoms with Crippen molar-refractivity contribution in [1.29, 1.82) is 0 Å². The number of rotatable bonds is 6. The van der Waals surface area contributed by atoms with Gasteiger partial charge in [-0.05, 0) is 80.5 Å². The lowest BCUT2D eigenvalue weighted by atomic mass is 10.1. The minimum absolute atomic E-state index is 0.128. The average molecular weight is 476 g/mol. The Labute approximate surface area is 202 Å². The van der Waals surface area contributed by atoms with E-state index in [0.29, 0.717) is 5.56 Å². The Morgan fingerprint density at radius 1 is 1.12 bits per heavy atom. The summed E-state index contributed by atoms with van der Waals surface area (Å²) in [5, 5.41) is 7.08. The summed E-state index contributed by atoms with van der Waals surface area (Å²) in [6.07, 6.45) is 1.05. The second-order valence-electron chi connectivity index (χ2n) is 7.79. The average Bonchev–Trinajstić information content (AvgIpc) is 3.25. The Kier molecular flexibility index (Phi) is 7.01. The number of carbonyl (C=O) groups is 1. The van der Waals surface area contributed by atoms with Crippen LogP contribution >= 0.6 is 23.6 Å². The summed E-state index contributed by atoms with van der Waals surface area (Å²) in [7, 11) is 0. The molecule has 1 aromatic heterocycles. The fraction of sp³-hybridized carbons (Fsp3) is 0.192. The van der Waals surface area contributed by atoms with Gasteiger partial charge in [0.05, 0.1) is 16.3 Å². The van der Waals surface area contributed by atoms with Gasteiger partial charge >= 0.3 is 0 Å². The second kappa shape index (κ2) is 10.1. The number of fused-ring (bicyclic) bond motifs is 1. The molecule has 7 heteroatoms. The van der Waals surface area contributed by atoms with Gasteiger partial charge in [0.1, 0.15) is 10.8 Å². The van der Waals surface area contributed by atoms with Crippen LogP contribution in [0.15, 0.2) is 66.7 Å². The predicted molar refractivity (Wildman–Crippen MR) is 140 cm³/mol. The SMILES string of the molecule is CC[C@@H](C)Oc1ccc(C(=O)NC(=S)Nc2cc(-c3nc4ccccc4s3)ccc2C)cc1. The van der Waals surface area contributed by atoms with Crippen molar-refractivity contribution >= 4 is 50.5 Å². The van der Waals surface area contributed by atoms with Gasteiger partial charge in [0, 0.05) is 16.8 Å². The van der Waals surface area contributed by atoms with Gasteiger partial charge in [-0.3, -0.25) is 10.1 Å². The first-order valence-corrected chi connectivity index (χ1v) is 12.0. The summed E-state index contributed by atoms with van der Waals surface area (Å²) in [4.78, 5) is 17.3. The summed E-state index contributed by atoms with van der Waals surface area (Å²) in [6, 6.07) is 21.2. The van der Waals surface area contributed by atoms with E-state index in [-0.39, 0.29) is 17.1 Å². The molecule has 0 unspecified atom stereocenters. The molecule has 0 radical (unpaired) electrons. The molecule has 0 spiro atoms. The number of para-hydroxylation sites is 1. The topological polar surface area (TPSA) is 63.2 Å². The number of amides is 1. The number of thiocarbonyl (C=S) groups is 1. The molecule has 1 atom stereocenters. The van der Waals surface area contributed by atoms with Crippen LogP contribution in [0, 0.1) is 6.92 Å². The Morgan fingerprint density at radius 2 is 1.88 bits per heavy atom. The van der Waals surface area contributed by atoms with Gasteiger partial charge in [0.25, 0.3) is 5.91 Å². The summed E-state index contributed by atoms with van der Waals surface area (Å²) >= 11 is 7.05. The third-order valence-electron chi connectivity index (χ3n) is 5.28. The molecule has 0 aliphatic rings. The quantitative estimate of drug-likeness (QED) is 0.309. The van der Waals surface area contributed by atoms with Gasteiger partial charge in [-0.25, -0.2) is 4.98 Å². The molecule has 33 heavy (non-hydrogen) atoms. The Bertz CT molecular complexity index is 1270. The minimum Gasteiger partial charge on any atom is -0.491 e. The highest BCUT2D eigenvalue weighted by atomic mass is 32.1. The number of nitrogens with one attached hydrogen (secondary N) is 2. The molecule has 1 amide bonds. The van der Waals surface area contributed by atoms with E-state index in [9.17, 15) is 4.79 Å². The number of benzene rings is 3. The maximum Gasteiger partial charge on any atom is 0.257 e. The maximum atomic E-state index is 12.6. The van der Waals surface area contributed by atoms with Gasteiger partial charge in [-0.2, -0.15) is 0 Å². The number of hydrogen-bond acceptors (Lipinski definition) is 5. The molecule has 4 rings (SSSR count). The van der Waals surface area contributed by atoms with Crippen LogP contribution in [0.5, 0.6) is 5.75 Å². The van der Waals surface area contributed by atoms with Crippen molar-refractivity contribution in [2.75, 3.05) is 5.32 Å². The second-order valence-corrected chi connectivity index (χ2v) is 9.22. The molecule has 5 nitrogen and oxygen atoms in total. The normalized spacial score (nSPS) is 11.7. The minimum atomic E-state index is -0.275. The molecule has 0 aliphatic heterocycles. The largest absolute Gasteiger partial charge is 0.491 e. The molecule has 2 N–H and O–H groups in total. The van der Waals surface area contributed by atoms with Crippen molar-refractivity contribution in [3.8, 4) is 16.3 Å². The van der Waals surface area contributed by atoms with E-state index in [0.717, 1.165) is 44.2 Å².